The molecule has 0 aliphatic rings. The van der Waals surface area contributed by atoms with E-state index in [1.54, 1.807) is 0 Å². The fourth-order valence-corrected chi connectivity index (χ4v) is 3.48. The third kappa shape index (κ3) is 4.63. The van der Waals surface area contributed by atoms with E-state index in [4.69, 9.17) is 5.73 Å². The summed E-state index contributed by atoms with van der Waals surface area (Å²) in [5.41, 5.74) is 5.26. The van der Waals surface area contributed by atoms with Gasteiger partial charge in [-0.25, -0.2) is 17.1 Å². The number of sulfonamides is 1. The van der Waals surface area contributed by atoms with E-state index >= 15 is 0 Å². The standard InChI is InChI=1S/C11H13BrF4N2O2S/c1-18(3-2-11(14,15)16)21(19,20)9-5-8(12)4-7(6-17)10(9)13/h4-5H,2-3,6,17H2,1H3. The highest BCUT2D eigenvalue weighted by atomic mass is 79.9. The largest absolute Gasteiger partial charge is 0.390 e. The van der Waals surface area contributed by atoms with Crippen molar-refractivity contribution in [2.24, 2.45) is 5.73 Å². The van der Waals surface area contributed by atoms with Gasteiger partial charge in [0.15, 0.2) is 0 Å². The van der Waals surface area contributed by atoms with Crippen molar-refractivity contribution in [3.63, 3.8) is 0 Å². The van der Waals surface area contributed by atoms with Crippen molar-refractivity contribution >= 4 is 26.0 Å². The lowest BCUT2D eigenvalue weighted by Crippen LogP contribution is -2.31. The quantitative estimate of drug-likeness (QED) is 0.783. The summed E-state index contributed by atoms with van der Waals surface area (Å²) in [6, 6.07) is 2.30. The van der Waals surface area contributed by atoms with Crippen LogP contribution in [-0.2, 0) is 16.6 Å². The highest BCUT2D eigenvalue weighted by Gasteiger charge is 2.32. The van der Waals surface area contributed by atoms with E-state index in [0.717, 1.165) is 13.1 Å². The molecule has 2 N–H and O–H groups in total. The van der Waals surface area contributed by atoms with Crippen molar-refractivity contribution in [2.75, 3.05) is 13.6 Å². The van der Waals surface area contributed by atoms with Gasteiger partial charge in [0.1, 0.15) is 10.7 Å². The summed E-state index contributed by atoms with van der Waals surface area (Å²) >= 11 is 3.02. The molecule has 0 bridgehead atoms. The molecule has 0 heterocycles. The van der Waals surface area contributed by atoms with Crippen LogP contribution < -0.4 is 5.73 Å². The van der Waals surface area contributed by atoms with Crippen molar-refractivity contribution < 1.29 is 26.0 Å². The number of hydrogen-bond acceptors (Lipinski definition) is 3. The Bertz CT molecular complexity index is 619. The van der Waals surface area contributed by atoms with E-state index in [2.05, 4.69) is 15.9 Å². The van der Waals surface area contributed by atoms with Gasteiger partial charge in [-0.15, -0.1) is 0 Å². The van der Waals surface area contributed by atoms with Crippen LogP contribution >= 0.6 is 15.9 Å². The molecule has 1 aromatic carbocycles. The highest BCUT2D eigenvalue weighted by molar-refractivity contribution is 9.10. The average Bonchev–Trinajstić information content (AvgIpc) is 2.36. The molecule has 21 heavy (non-hydrogen) atoms. The predicted molar refractivity (Wildman–Crippen MR) is 72.5 cm³/mol. The Balaban J connectivity index is 3.16. The van der Waals surface area contributed by atoms with Gasteiger partial charge in [-0.05, 0) is 12.1 Å². The Morgan fingerprint density at radius 1 is 1.33 bits per heavy atom. The first-order valence-electron chi connectivity index (χ1n) is 5.70. The van der Waals surface area contributed by atoms with E-state index in [-0.39, 0.29) is 16.6 Å². The second-order valence-corrected chi connectivity index (χ2v) is 7.20. The van der Waals surface area contributed by atoms with Crippen molar-refractivity contribution in [3.8, 4) is 0 Å². The zero-order valence-electron chi connectivity index (χ0n) is 10.9. The third-order valence-electron chi connectivity index (χ3n) is 2.70. The summed E-state index contributed by atoms with van der Waals surface area (Å²) < 4.78 is 75.5. The molecule has 0 fully saturated rings. The summed E-state index contributed by atoms with van der Waals surface area (Å²) in [5.74, 6) is -1.06. The lowest BCUT2D eigenvalue weighted by Gasteiger charge is -2.19. The molecule has 0 spiro atoms. The zero-order chi connectivity index (χ0) is 16.4. The maximum atomic E-state index is 14.1. The average molecular weight is 393 g/mol. The van der Waals surface area contributed by atoms with Crippen molar-refractivity contribution in [2.45, 2.75) is 24.0 Å². The molecule has 0 radical (unpaired) electrons. The third-order valence-corrected chi connectivity index (χ3v) is 5.01. The van der Waals surface area contributed by atoms with Gasteiger partial charge >= 0.3 is 6.18 Å². The van der Waals surface area contributed by atoms with Crippen LogP contribution in [0.5, 0.6) is 0 Å². The fraction of sp³-hybridized carbons (Fsp3) is 0.455. The summed E-state index contributed by atoms with van der Waals surface area (Å²) in [6.45, 7) is -1.03. The molecular formula is C11H13BrF4N2O2S. The van der Waals surface area contributed by atoms with Crippen LogP contribution in [0.25, 0.3) is 0 Å². The Kier molecular flexibility index (Phi) is 5.76. The summed E-state index contributed by atoms with van der Waals surface area (Å²) in [7, 11) is -3.41. The second-order valence-electron chi connectivity index (χ2n) is 4.27. The number of benzene rings is 1. The normalized spacial score (nSPS) is 13.0. The molecule has 120 valence electrons. The van der Waals surface area contributed by atoms with Gasteiger partial charge in [-0.1, -0.05) is 15.9 Å². The van der Waals surface area contributed by atoms with Gasteiger partial charge in [0.2, 0.25) is 10.0 Å². The molecule has 0 saturated carbocycles. The molecular weight excluding hydrogens is 380 g/mol. The molecule has 0 saturated heterocycles. The summed E-state index contributed by atoms with van der Waals surface area (Å²) in [4.78, 5) is -0.706. The highest BCUT2D eigenvalue weighted by Crippen LogP contribution is 2.27. The van der Waals surface area contributed by atoms with Crippen molar-refractivity contribution in [1.82, 2.24) is 4.31 Å². The molecule has 0 aromatic heterocycles. The lowest BCUT2D eigenvalue weighted by atomic mass is 10.2. The van der Waals surface area contributed by atoms with Crippen LogP contribution in [0.15, 0.2) is 21.5 Å². The molecule has 10 heteroatoms. The van der Waals surface area contributed by atoms with Gasteiger partial charge in [0.25, 0.3) is 0 Å². The molecule has 1 rings (SSSR count). The monoisotopic (exact) mass is 392 g/mol. The molecule has 1 aromatic rings. The number of hydrogen-bond donors (Lipinski definition) is 1. The lowest BCUT2D eigenvalue weighted by molar-refractivity contribution is -0.135. The second kappa shape index (κ2) is 6.59. The van der Waals surface area contributed by atoms with E-state index < -0.39 is 39.9 Å². The van der Waals surface area contributed by atoms with Crippen LogP contribution in [0.3, 0.4) is 0 Å². The van der Waals surface area contributed by atoms with Crippen LogP contribution in [0.1, 0.15) is 12.0 Å². The Labute approximate surface area is 128 Å². The first-order chi connectivity index (χ1) is 9.49. The fourth-order valence-electron chi connectivity index (χ4n) is 1.53. The van der Waals surface area contributed by atoms with Gasteiger partial charge in [-0.3, -0.25) is 0 Å². The SMILES string of the molecule is CN(CCC(F)(F)F)S(=O)(=O)c1cc(Br)cc(CN)c1F. The van der Waals surface area contributed by atoms with E-state index in [9.17, 15) is 26.0 Å². The first-order valence-corrected chi connectivity index (χ1v) is 7.93. The van der Waals surface area contributed by atoms with Crippen LogP contribution in [0, 0.1) is 5.82 Å². The van der Waals surface area contributed by atoms with E-state index in [0.29, 0.717) is 4.31 Å². The van der Waals surface area contributed by atoms with Gasteiger partial charge in [0, 0.05) is 30.2 Å². The minimum absolute atomic E-state index is 0.0489. The number of nitrogens with two attached hydrogens (primary N) is 1. The van der Waals surface area contributed by atoms with E-state index in [1.807, 2.05) is 0 Å². The minimum atomic E-state index is -4.50. The molecule has 0 aliphatic carbocycles. The number of rotatable bonds is 5. The van der Waals surface area contributed by atoms with Crippen molar-refractivity contribution in [1.29, 1.82) is 0 Å². The zero-order valence-corrected chi connectivity index (χ0v) is 13.3. The van der Waals surface area contributed by atoms with Gasteiger partial charge in [-0.2, -0.15) is 13.2 Å². The number of nitrogens with zero attached hydrogens (tertiary/aromatic N) is 1. The maximum Gasteiger partial charge on any atom is 0.390 e. The molecule has 0 aliphatic heterocycles. The Morgan fingerprint density at radius 3 is 2.38 bits per heavy atom. The molecule has 0 unspecified atom stereocenters. The maximum absolute atomic E-state index is 14.1. The number of alkyl halides is 3. The van der Waals surface area contributed by atoms with Crippen LogP contribution in [-0.4, -0.2) is 32.5 Å². The van der Waals surface area contributed by atoms with Crippen LogP contribution in [0.4, 0.5) is 17.6 Å². The minimum Gasteiger partial charge on any atom is -0.326 e. The summed E-state index contributed by atoms with van der Waals surface area (Å²) in [5, 5.41) is 0. The Morgan fingerprint density at radius 2 is 1.90 bits per heavy atom. The summed E-state index contributed by atoms with van der Waals surface area (Å²) in [6.07, 6.45) is -5.82. The first kappa shape index (κ1) is 18.3. The molecule has 0 atom stereocenters. The predicted octanol–water partition coefficient (Wildman–Crippen LogP) is 2.62. The van der Waals surface area contributed by atoms with E-state index in [1.165, 1.54) is 6.07 Å². The van der Waals surface area contributed by atoms with Crippen LogP contribution in [0.2, 0.25) is 0 Å². The Hall–Kier alpha value is -0.710. The molecule has 0 amide bonds. The topological polar surface area (TPSA) is 63.4 Å². The number of halogens is 5. The smallest absolute Gasteiger partial charge is 0.326 e. The molecule has 4 nitrogen and oxygen atoms in total. The van der Waals surface area contributed by atoms with Gasteiger partial charge in [0.05, 0.1) is 6.42 Å². The van der Waals surface area contributed by atoms with Gasteiger partial charge < -0.3 is 5.73 Å². The van der Waals surface area contributed by atoms with Crippen molar-refractivity contribution in [3.05, 3.63) is 28.0 Å².